The smallest absolute Gasteiger partial charge is 0.0632 e. The van der Waals surface area contributed by atoms with Gasteiger partial charge in [0.05, 0.1) is 12.2 Å². The molecule has 0 aromatic heterocycles. The molecule has 3 nitrogen and oxygen atoms in total. The minimum Gasteiger partial charge on any atom is -0.390 e. The molecule has 0 aliphatic rings. The first-order chi connectivity index (χ1) is 9.24. The predicted octanol–water partition coefficient (Wildman–Crippen LogP) is 2.64. The van der Waals surface area contributed by atoms with Crippen molar-refractivity contribution in [3.63, 3.8) is 0 Å². The van der Waals surface area contributed by atoms with Gasteiger partial charge in [-0.05, 0) is 42.9 Å². The molecule has 0 radical (unpaired) electrons. The Labute approximate surface area is 123 Å². The van der Waals surface area contributed by atoms with E-state index in [9.17, 15) is 5.11 Å². The molecular weight excluding hydrogens is 250 g/mol. The normalized spacial score (nSPS) is 13.8. The van der Waals surface area contributed by atoms with Gasteiger partial charge in [-0.3, -0.25) is 0 Å². The number of hydrogen-bond donors (Lipinski definition) is 2. The van der Waals surface area contributed by atoms with Crippen LogP contribution < -0.4 is 5.73 Å². The molecule has 1 aromatic carbocycles. The van der Waals surface area contributed by atoms with Crippen LogP contribution in [0.5, 0.6) is 0 Å². The van der Waals surface area contributed by atoms with E-state index in [1.807, 2.05) is 13.8 Å². The molecule has 0 spiro atoms. The number of rotatable bonds is 7. The summed E-state index contributed by atoms with van der Waals surface area (Å²) < 4.78 is 5.14. The highest BCUT2D eigenvalue weighted by Gasteiger charge is 2.20. The van der Waals surface area contributed by atoms with Gasteiger partial charge in [-0.25, -0.2) is 0 Å². The summed E-state index contributed by atoms with van der Waals surface area (Å²) in [6.07, 6.45) is 1.43. The predicted molar refractivity (Wildman–Crippen MR) is 84.1 cm³/mol. The van der Waals surface area contributed by atoms with Crippen LogP contribution in [0.25, 0.3) is 0 Å². The maximum absolute atomic E-state index is 10.1. The van der Waals surface area contributed by atoms with Crippen molar-refractivity contribution in [3.05, 3.63) is 34.9 Å². The molecule has 0 heterocycles. The van der Waals surface area contributed by atoms with E-state index >= 15 is 0 Å². The van der Waals surface area contributed by atoms with Crippen LogP contribution >= 0.6 is 0 Å². The van der Waals surface area contributed by atoms with Crippen LogP contribution in [0.2, 0.25) is 0 Å². The second kappa shape index (κ2) is 7.21. The molecule has 0 amide bonds. The van der Waals surface area contributed by atoms with E-state index < -0.39 is 5.60 Å². The Morgan fingerprint density at radius 3 is 2.45 bits per heavy atom. The van der Waals surface area contributed by atoms with Crippen molar-refractivity contribution >= 4 is 0 Å². The number of benzene rings is 1. The lowest BCUT2D eigenvalue weighted by Gasteiger charge is -2.24. The third-order valence-corrected chi connectivity index (χ3v) is 3.40. The van der Waals surface area contributed by atoms with Crippen molar-refractivity contribution in [3.8, 4) is 0 Å². The van der Waals surface area contributed by atoms with Crippen molar-refractivity contribution in [1.82, 2.24) is 0 Å². The molecule has 3 heteroatoms. The van der Waals surface area contributed by atoms with Crippen LogP contribution in [0.3, 0.4) is 0 Å². The van der Waals surface area contributed by atoms with E-state index in [4.69, 9.17) is 10.5 Å². The Kier molecular flexibility index (Phi) is 6.18. The molecule has 1 aromatic rings. The molecular formula is C17H29NO2. The minimum absolute atomic E-state index is 0.0135. The fourth-order valence-corrected chi connectivity index (χ4v) is 2.61. The molecule has 0 saturated carbocycles. The lowest BCUT2D eigenvalue weighted by atomic mass is 9.85. The summed E-state index contributed by atoms with van der Waals surface area (Å²) in [6.45, 7) is 8.61. The number of hydrogen-bond acceptors (Lipinski definition) is 3. The van der Waals surface area contributed by atoms with Crippen LogP contribution in [-0.2, 0) is 17.6 Å². The van der Waals surface area contributed by atoms with E-state index in [1.54, 1.807) is 7.11 Å². The Morgan fingerprint density at radius 2 is 1.95 bits per heavy atom. The van der Waals surface area contributed by atoms with Crippen molar-refractivity contribution in [1.29, 1.82) is 0 Å². The van der Waals surface area contributed by atoms with Crippen LogP contribution in [0.15, 0.2) is 18.2 Å². The first kappa shape index (κ1) is 17.2. The maximum atomic E-state index is 10.1. The Morgan fingerprint density at radius 1 is 1.30 bits per heavy atom. The van der Waals surface area contributed by atoms with E-state index in [0.29, 0.717) is 18.9 Å². The molecule has 1 atom stereocenters. The highest BCUT2D eigenvalue weighted by Crippen LogP contribution is 2.26. The fraction of sp³-hybridized carbons (Fsp3) is 0.647. The summed E-state index contributed by atoms with van der Waals surface area (Å²) in [4.78, 5) is 0. The largest absolute Gasteiger partial charge is 0.390 e. The lowest BCUT2D eigenvalue weighted by molar-refractivity contribution is 0.0806. The standard InChI is InChI=1S/C17H29NO2/c1-12(2)15-8-6-7-13(10-17(3,4)19)16(15)9-14(18)11-20-5/h6-8,12,14,19H,9-11,18H2,1-5H3/t14-/m1/s1. The second-order valence-electron chi connectivity index (χ2n) is 6.55. The molecule has 3 N–H and O–H groups in total. The zero-order valence-electron chi connectivity index (χ0n) is 13.4. The van der Waals surface area contributed by atoms with Gasteiger partial charge in [0.25, 0.3) is 0 Å². The fourth-order valence-electron chi connectivity index (χ4n) is 2.61. The molecule has 0 saturated heterocycles. The van der Waals surface area contributed by atoms with E-state index in [1.165, 1.54) is 16.7 Å². The molecule has 20 heavy (non-hydrogen) atoms. The molecule has 114 valence electrons. The van der Waals surface area contributed by atoms with Gasteiger partial charge in [0.2, 0.25) is 0 Å². The van der Waals surface area contributed by atoms with Crippen LogP contribution in [-0.4, -0.2) is 30.5 Å². The van der Waals surface area contributed by atoms with Gasteiger partial charge in [0.15, 0.2) is 0 Å². The summed E-state index contributed by atoms with van der Waals surface area (Å²) in [5.74, 6) is 0.446. The first-order valence-electron chi connectivity index (χ1n) is 7.32. The Balaban J connectivity index is 3.12. The van der Waals surface area contributed by atoms with E-state index in [0.717, 1.165) is 6.42 Å². The summed E-state index contributed by atoms with van der Waals surface area (Å²) in [6, 6.07) is 6.31. The highest BCUT2D eigenvalue weighted by atomic mass is 16.5. The SMILES string of the molecule is COC[C@H](N)Cc1c(CC(C)(C)O)cccc1C(C)C. The number of methoxy groups -OCH3 is 1. The maximum Gasteiger partial charge on any atom is 0.0632 e. The van der Waals surface area contributed by atoms with Crippen LogP contribution in [0.1, 0.15) is 50.3 Å². The Hall–Kier alpha value is -0.900. The minimum atomic E-state index is -0.713. The number of aliphatic hydroxyl groups is 1. The summed E-state index contributed by atoms with van der Waals surface area (Å²) in [5.41, 5.74) is 9.20. The van der Waals surface area contributed by atoms with Crippen LogP contribution in [0, 0.1) is 0 Å². The van der Waals surface area contributed by atoms with Gasteiger partial charge < -0.3 is 15.6 Å². The molecule has 0 aliphatic carbocycles. The van der Waals surface area contributed by atoms with E-state index in [-0.39, 0.29) is 6.04 Å². The topological polar surface area (TPSA) is 55.5 Å². The molecule has 0 unspecified atom stereocenters. The molecule has 0 aliphatic heterocycles. The van der Waals surface area contributed by atoms with Crippen molar-refractivity contribution in [2.75, 3.05) is 13.7 Å². The van der Waals surface area contributed by atoms with E-state index in [2.05, 4.69) is 32.0 Å². The third kappa shape index (κ3) is 5.23. The Bertz CT molecular complexity index is 421. The van der Waals surface area contributed by atoms with Gasteiger partial charge in [0, 0.05) is 19.6 Å². The summed E-state index contributed by atoms with van der Waals surface area (Å²) in [7, 11) is 1.67. The summed E-state index contributed by atoms with van der Waals surface area (Å²) >= 11 is 0. The number of nitrogens with two attached hydrogens (primary N) is 1. The number of ether oxygens (including phenoxy) is 1. The lowest BCUT2D eigenvalue weighted by Crippen LogP contribution is -2.30. The van der Waals surface area contributed by atoms with Gasteiger partial charge in [0.1, 0.15) is 0 Å². The zero-order chi connectivity index (χ0) is 15.3. The molecule has 0 bridgehead atoms. The second-order valence-corrected chi connectivity index (χ2v) is 6.55. The first-order valence-corrected chi connectivity index (χ1v) is 7.32. The zero-order valence-corrected chi connectivity index (χ0v) is 13.4. The van der Waals surface area contributed by atoms with Gasteiger partial charge >= 0.3 is 0 Å². The van der Waals surface area contributed by atoms with Crippen molar-refractivity contribution in [2.45, 2.75) is 58.1 Å². The van der Waals surface area contributed by atoms with Gasteiger partial charge in [-0.15, -0.1) is 0 Å². The quantitative estimate of drug-likeness (QED) is 0.806. The van der Waals surface area contributed by atoms with Gasteiger partial charge in [-0.1, -0.05) is 32.0 Å². The monoisotopic (exact) mass is 279 g/mol. The highest BCUT2D eigenvalue weighted by molar-refractivity contribution is 5.38. The van der Waals surface area contributed by atoms with Crippen molar-refractivity contribution in [2.24, 2.45) is 5.73 Å². The summed E-state index contributed by atoms with van der Waals surface area (Å²) in [5, 5.41) is 10.1. The molecule has 0 fully saturated rings. The third-order valence-electron chi connectivity index (χ3n) is 3.40. The van der Waals surface area contributed by atoms with Gasteiger partial charge in [-0.2, -0.15) is 0 Å². The van der Waals surface area contributed by atoms with Crippen LogP contribution in [0.4, 0.5) is 0 Å². The average Bonchev–Trinajstić information content (AvgIpc) is 2.29. The van der Waals surface area contributed by atoms with Crippen molar-refractivity contribution < 1.29 is 9.84 Å². The average molecular weight is 279 g/mol. The molecule has 1 rings (SSSR count).